The van der Waals surface area contributed by atoms with Crippen LogP contribution >= 0.6 is 45.2 Å². The molecular weight excluding hydrogens is 366 g/mol. The van der Waals surface area contributed by atoms with Crippen LogP contribution in [0.1, 0.15) is 19.3 Å². The summed E-state index contributed by atoms with van der Waals surface area (Å²) in [5, 5.41) is 9.31. The first kappa shape index (κ1) is 12.2. The molecule has 1 N–H and O–H groups in total. The van der Waals surface area contributed by atoms with Gasteiger partial charge in [-0.3, -0.25) is 0 Å². The molecule has 0 saturated heterocycles. The van der Waals surface area contributed by atoms with Crippen molar-refractivity contribution in [2.75, 3.05) is 8.86 Å². The Balaban J connectivity index is 3.27. The van der Waals surface area contributed by atoms with E-state index in [9.17, 15) is 5.11 Å². The second kappa shape index (κ2) is 9.25. The zero-order valence-electron chi connectivity index (χ0n) is 6.47. The lowest BCUT2D eigenvalue weighted by molar-refractivity contribution is 0.212. The van der Waals surface area contributed by atoms with Crippen molar-refractivity contribution in [3.63, 3.8) is 0 Å². The van der Waals surface area contributed by atoms with E-state index in [4.69, 9.17) is 0 Å². The Labute approximate surface area is 95.9 Å². The molecule has 3 heteroatoms. The topological polar surface area (TPSA) is 20.2 Å². The van der Waals surface area contributed by atoms with Crippen molar-refractivity contribution in [3.8, 4) is 0 Å². The minimum atomic E-state index is -0.215. The molecule has 1 atom stereocenters. The van der Waals surface area contributed by atoms with Gasteiger partial charge in [-0.15, -0.1) is 0 Å². The van der Waals surface area contributed by atoms with Gasteiger partial charge in [-0.05, 0) is 23.7 Å². The van der Waals surface area contributed by atoms with Crippen molar-refractivity contribution < 1.29 is 5.11 Å². The fourth-order valence-corrected chi connectivity index (χ4v) is 1.50. The molecule has 0 rings (SSSR count). The molecule has 1 unspecified atom stereocenters. The van der Waals surface area contributed by atoms with Crippen molar-refractivity contribution in [3.05, 3.63) is 12.2 Å². The first-order valence-electron chi connectivity index (χ1n) is 3.78. The van der Waals surface area contributed by atoms with Crippen LogP contribution in [0.15, 0.2) is 12.2 Å². The van der Waals surface area contributed by atoms with Gasteiger partial charge in [-0.25, -0.2) is 0 Å². The maximum absolute atomic E-state index is 9.31. The van der Waals surface area contributed by atoms with Crippen LogP contribution < -0.4 is 0 Å². The van der Waals surface area contributed by atoms with Crippen LogP contribution in [0.3, 0.4) is 0 Å². The third kappa shape index (κ3) is 9.07. The van der Waals surface area contributed by atoms with Gasteiger partial charge < -0.3 is 5.11 Å². The van der Waals surface area contributed by atoms with Crippen molar-refractivity contribution >= 4 is 45.2 Å². The minimum Gasteiger partial charge on any atom is -0.389 e. The van der Waals surface area contributed by atoms with Crippen LogP contribution in [0, 0.1) is 0 Å². The van der Waals surface area contributed by atoms with E-state index in [1.165, 1.54) is 0 Å². The molecule has 0 fully saturated rings. The van der Waals surface area contributed by atoms with E-state index in [-0.39, 0.29) is 6.10 Å². The van der Waals surface area contributed by atoms with Crippen LogP contribution in [0.25, 0.3) is 0 Å². The highest BCUT2D eigenvalue weighted by molar-refractivity contribution is 14.1. The number of alkyl halides is 2. The first-order chi connectivity index (χ1) is 5.31. The Kier molecular flexibility index (Phi) is 10.2. The summed E-state index contributed by atoms with van der Waals surface area (Å²) in [5.41, 5.74) is 0. The largest absolute Gasteiger partial charge is 0.389 e. The fourth-order valence-electron chi connectivity index (χ4n) is 0.699. The predicted molar refractivity (Wildman–Crippen MR) is 66.8 cm³/mol. The standard InChI is InChI=1S/C8H14I2O/c9-6-2-1-4-8(11)5-3-7-10/h1,4,8,11H,2-3,5-7H2. The summed E-state index contributed by atoms with van der Waals surface area (Å²) in [6.45, 7) is 0. The maximum atomic E-state index is 9.31. The highest BCUT2D eigenvalue weighted by Gasteiger charge is 1.95. The summed E-state index contributed by atoms with van der Waals surface area (Å²) < 4.78 is 2.27. The molecular formula is C8H14I2O. The van der Waals surface area contributed by atoms with E-state index in [1.54, 1.807) is 0 Å². The average molecular weight is 380 g/mol. The Morgan fingerprint density at radius 3 is 2.55 bits per heavy atom. The highest BCUT2D eigenvalue weighted by atomic mass is 127. The quantitative estimate of drug-likeness (QED) is 0.427. The molecule has 0 heterocycles. The summed E-state index contributed by atoms with van der Waals surface area (Å²) in [7, 11) is 0. The monoisotopic (exact) mass is 380 g/mol. The predicted octanol–water partition coefficient (Wildman–Crippen LogP) is 2.94. The van der Waals surface area contributed by atoms with Crippen LogP contribution in [0.4, 0.5) is 0 Å². The molecule has 0 bridgehead atoms. The summed E-state index contributed by atoms with van der Waals surface area (Å²) in [5.74, 6) is 0. The zero-order valence-corrected chi connectivity index (χ0v) is 10.8. The lowest BCUT2D eigenvalue weighted by atomic mass is 10.2. The highest BCUT2D eigenvalue weighted by Crippen LogP contribution is 2.02. The van der Waals surface area contributed by atoms with Gasteiger partial charge in [-0.2, -0.15) is 0 Å². The van der Waals surface area contributed by atoms with E-state index in [0.29, 0.717) is 0 Å². The van der Waals surface area contributed by atoms with Gasteiger partial charge in [0.1, 0.15) is 0 Å². The smallest absolute Gasteiger partial charge is 0.0721 e. The second-order valence-corrected chi connectivity index (χ2v) is 4.46. The third-order valence-electron chi connectivity index (χ3n) is 1.27. The molecule has 66 valence electrons. The Hall–Kier alpha value is 1.16. The summed E-state index contributed by atoms with van der Waals surface area (Å²) >= 11 is 4.66. The number of allylic oxidation sites excluding steroid dienone is 1. The number of rotatable bonds is 6. The number of halogens is 2. The third-order valence-corrected chi connectivity index (χ3v) is 2.65. The average Bonchev–Trinajstić information content (AvgIpc) is 2.01. The van der Waals surface area contributed by atoms with Crippen molar-refractivity contribution in [1.82, 2.24) is 0 Å². The molecule has 0 aliphatic rings. The molecule has 0 aliphatic carbocycles. The van der Waals surface area contributed by atoms with E-state index >= 15 is 0 Å². The van der Waals surface area contributed by atoms with Gasteiger partial charge in [0.15, 0.2) is 0 Å². The van der Waals surface area contributed by atoms with Gasteiger partial charge in [0, 0.05) is 4.43 Å². The van der Waals surface area contributed by atoms with Crippen LogP contribution in [-0.4, -0.2) is 20.1 Å². The van der Waals surface area contributed by atoms with Crippen LogP contribution in [0.5, 0.6) is 0 Å². The summed E-state index contributed by atoms with van der Waals surface area (Å²) in [6.07, 6.45) is 6.83. The molecule has 11 heavy (non-hydrogen) atoms. The molecule has 0 aliphatic heterocycles. The minimum absolute atomic E-state index is 0.215. The van der Waals surface area contributed by atoms with E-state index < -0.39 is 0 Å². The first-order valence-corrected chi connectivity index (χ1v) is 6.83. The van der Waals surface area contributed by atoms with Gasteiger partial charge >= 0.3 is 0 Å². The van der Waals surface area contributed by atoms with Crippen molar-refractivity contribution in [2.45, 2.75) is 25.4 Å². The van der Waals surface area contributed by atoms with E-state index in [1.807, 2.05) is 6.08 Å². The molecule has 0 spiro atoms. The Bertz CT molecular complexity index is 104. The van der Waals surface area contributed by atoms with Crippen LogP contribution in [0.2, 0.25) is 0 Å². The summed E-state index contributed by atoms with van der Waals surface area (Å²) in [6, 6.07) is 0. The van der Waals surface area contributed by atoms with Gasteiger partial charge in [0.05, 0.1) is 6.10 Å². The Morgan fingerprint density at radius 2 is 2.00 bits per heavy atom. The number of hydrogen-bond acceptors (Lipinski definition) is 1. The number of hydrogen-bond donors (Lipinski definition) is 1. The van der Waals surface area contributed by atoms with Crippen molar-refractivity contribution in [1.29, 1.82) is 0 Å². The lowest BCUT2D eigenvalue weighted by Gasteiger charge is -2.01. The maximum Gasteiger partial charge on any atom is 0.0721 e. The number of aliphatic hydroxyl groups is 1. The molecule has 0 saturated carbocycles. The van der Waals surface area contributed by atoms with Crippen molar-refractivity contribution in [2.24, 2.45) is 0 Å². The van der Waals surface area contributed by atoms with Crippen LogP contribution in [-0.2, 0) is 0 Å². The van der Waals surface area contributed by atoms with Gasteiger partial charge in [0.2, 0.25) is 0 Å². The zero-order chi connectivity index (χ0) is 8.53. The SMILES string of the molecule is OC(C=CCCI)CCCI. The molecule has 0 aromatic rings. The molecule has 0 radical (unpaired) electrons. The van der Waals surface area contributed by atoms with Gasteiger partial charge in [-0.1, -0.05) is 57.3 Å². The molecule has 1 nitrogen and oxygen atoms in total. The number of aliphatic hydroxyl groups excluding tert-OH is 1. The Morgan fingerprint density at radius 1 is 1.27 bits per heavy atom. The second-order valence-electron chi connectivity index (χ2n) is 2.30. The molecule has 0 amide bonds. The van der Waals surface area contributed by atoms with E-state index in [2.05, 4.69) is 51.3 Å². The van der Waals surface area contributed by atoms with E-state index in [0.717, 1.165) is 28.1 Å². The summed E-state index contributed by atoms with van der Waals surface area (Å²) in [4.78, 5) is 0. The molecule has 0 aromatic heterocycles. The lowest BCUT2D eigenvalue weighted by Crippen LogP contribution is -2.01. The van der Waals surface area contributed by atoms with Gasteiger partial charge in [0.25, 0.3) is 0 Å². The fraction of sp³-hybridized carbons (Fsp3) is 0.750. The molecule has 0 aromatic carbocycles. The normalized spacial score (nSPS) is 14.1.